The van der Waals surface area contributed by atoms with Crippen LogP contribution in [0.2, 0.25) is 0 Å². The van der Waals surface area contributed by atoms with E-state index in [0.717, 1.165) is 23.2 Å². The van der Waals surface area contributed by atoms with Crippen molar-refractivity contribution in [2.75, 3.05) is 5.33 Å². The molecule has 0 fully saturated rings. The van der Waals surface area contributed by atoms with Crippen molar-refractivity contribution in [1.29, 1.82) is 0 Å². The van der Waals surface area contributed by atoms with E-state index >= 15 is 0 Å². The maximum Gasteiger partial charge on any atom is 0.0395 e. The topological polar surface area (TPSA) is 0 Å². The summed E-state index contributed by atoms with van der Waals surface area (Å²) in [6, 6.07) is 0. The Balaban J connectivity index is 2.78. The molecule has 0 unspecified atom stereocenters. The molecular formula is C10H12BrCl. The molecule has 0 amide bonds. The molecule has 66 valence electrons. The van der Waals surface area contributed by atoms with Crippen LogP contribution in [0, 0.1) is 0 Å². The van der Waals surface area contributed by atoms with Crippen LogP contribution >= 0.6 is 27.5 Å². The zero-order chi connectivity index (χ0) is 8.97. The molecule has 1 rings (SSSR count). The summed E-state index contributed by atoms with van der Waals surface area (Å²) in [6.07, 6.45) is 8.28. The summed E-state index contributed by atoms with van der Waals surface area (Å²) in [6.45, 7) is 2.09. The molecule has 0 aromatic heterocycles. The maximum atomic E-state index is 5.99. The molecule has 0 heterocycles. The molecule has 0 atom stereocenters. The lowest BCUT2D eigenvalue weighted by Gasteiger charge is -2.07. The van der Waals surface area contributed by atoms with E-state index in [2.05, 4.69) is 28.9 Å². The van der Waals surface area contributed by atoms with Crippen LogP contribution in [0.25, 0.3) is 0 Å². The second-order valence-electron chi connectivity index (χ2n) is 2.95. The van der Waals surface area contributed by atoms with Gasteiger partial charge in [0.05, 0.1) is 0 Å². The van der Waals surface area contributed by atoms with Gasteiger partial charge in [0.25, 0.3) is 0 Å². The number of hydrogen-bond donors (Lipinski definition) is 0. The van der Waals surface area contributed by atoms with E-state index in [1.54, 1.807) is 0 Å². The molecule has 12 heavy (non-hydrogen) atoms. The molecule has 0 saturated carbocycles. The largest absolute Gasteiger partial charge is 0.0880 e. The third-order valence-corrected chi connectivity index (χ3v) is 3.14. The van der Waals surface area contributed by atoms with Gasteiger partial charge in [-0.05, 0) is 25.8 Å². The van der Waals surface area contributed by atoms with Gasteiger partial charge in [0.15, 0.2) is 0 Å². The van der Waals surface area contributed by atoms with Gasteiger partial charge in [0, 0.05) is 10.4 Å². The van der Waals surface area contributed by atoms with Gasteiger partial charge in [-0.2, -0.15) is 0 Å². The monoisotopic (exact) mass is 246 g/mol. The van der Waals surface area contributed by atoms with Gasteiger partial charge < -0.3 is 0 Å². The second kappa shape index (κ2) is 4.88. The Morgan fingerprint density at radius 1 is 1.50 bits per heavy atom. The highest BCUT2D eigenvalue weighted by Gasteiger charge is 2.01. The first-order chi connectivity index (χ1) is 5.74. The van der Waals surface area contributed by atoms with E-state index < -0.39 is 0 Å². The van der Waals surface area contributed by atoms with Crippen LogP contribution in [0.3, 0.4) is 0 Å². The second-order valence-corrected chi connectivity index (χ2v) is 3.91. The summed E-state index contributed by atoms with van der Waals surface area (Å²) >= 11 is 9.44. The number of rotatable bonds is 1. The summed E-state index contributed by atoms with van der Waals surface area (Å²) in [5, 5.41) is 1.85. The van der Waals surface area contributed by atoms with Crippen molar-refractivity contribution >= 4 is 27.5 Å². The van der Waals surface area contributed by atoms with Crippen LogP contribution in [0.5, 0.6) is 0 Å². The number of hydrogen-bond acceptors (Lipinski definition) is 0. The normalized spacial score (nSPS) is 18.8. The zero-order valence-electron chi connectivity index (χ0n) is 7.11. The molecule has 0 saturated heterocycles. The minimum atomic E-state index is 0.889. The first-order valence-corrected chi connectivity index (χ1v) is 5.51. The summed E-state index contributed by atoms with van der Waals surface area (Å²) in [5.41, 5.74) is 2.70. The van der Waals surface area contributed by atoms with Gasteiger partial charge >= 0.3 is 0 Å². The molecule has 0 aliphatic heterocycles. The van der Waals surface area contributed by atoms with Crippen LogP contribution in [0.1, 0.15) is 19.8 Å². The summed E-state index contributed by atoms with van der Waals surface area (Å²) in [4.78, 5) is 0. The Labute approximate surface area is 87.1 Å². The lowest BCUT2D eigenvalue weighted by atomic mass is 10.0. The fourth-order valence-corrected chi connectivity index (χ4v) is 1.71. The molecule has 0 N–H and O–H groups in total. The van der Waals surface area contributed by atoms with Crippen molar-refractivity contribution in [3.8, 4) is 0 Å². The molecule has 0 spiro atoms. The molecule has 0 bridgehead atoms. The van der Waals surface area contributed by atoms with Gasteiger partial charge in [0.1, 0.15) is 0 Å². The third kappa shape index (κ3) is 2.80. The predicted octanol–water partition coefficient (Wildman–Crippen LogP) is 4.17. The quantitative estimate of drug-likeness (QED) is 0.610. The molecule has 0 aromatic carbocycles. The van der Waals surface area contributed by atoms with Crippen molar-refractivity contribution in [3.63, 3.8) is 0 Å². The number of allylic oxidation sites excluding steroid dienone is 6. The molecule has 1 aliphatic rings. The fraction of sp³-hybridized carbons (Fsp3) is 0.400. The SMILES string of the molecule is CC1=C(Cl)C=CC=C(CBr)CC1. The first-order valence-electron chi connectivity index (χ1n) is 4.01. The zero-order valence-corrected chi connectivity index (χ0v) is 9.45. The van der Waals surface area contributed by atoms with Crippen molar-refractivity contribution in [2.24, 2.45) is 0 Å². The maximum absolute atomic E-state index is 5.99. The lowest BCUT2D eigenvalue weighted by Crippen LogP contribution is -1.89. The molecule has 0 aromatic rings. The predicted molar refractivity (Wildman–Crippen MR) is 58.8 cm³/mol. The van der Waals surface area contributed by atoms with Crippen molar-refractivity contribution in [3.05, 3.63) is 34.4 Å². The molecule has 0 radical (unpaired) electrons. The van der Waals surface area contributed by atoms with Crippen LogP contribution in [-0.2, 0) is 0 Å². The van der Waals surface area contributed by atoms with Gasteiger partial charge in [0.2, 0.25) is 0 Å². The van der Waals surface area contributed by atoms with E-state index in [4.69, 9.17) is 11.6 Å². The van der Waals surface area contributed by atoms with E-state index in [-0.39, 0.29) is 0 Å². The number of halogens is 2. The van der Waals surface area contributed by atoms with Crippen molar-refractivity contribution in [1.82, 2.24) is 0 Å². The van der Waals surface area contributed by atoms with Crippen molar-refractivity contribution < 1.29 is 0 Å². The van der Waals surface area contributed by atoms with E-state index in [1.165, 1.54) is 11.1 Å². The Morgan fingerprint density at radius 2 is 2.25 bits per heavy atom. The smallest absolute Gasteiger partial charge is 0.0395 e. The van der Waals surface area contributed by atoms with E-state index in [9.17, 15) is 0 Å². The summed E-state index contributed by atoms with van der Waals surface area (Å²) in [7, 11) is 0. The van der Waals surface area contributed by atoms with Gasteiger partial charge in [-0.1, -0.05) is 50.8 Å². The van der Waals surface area contributed by atoms with E-state index in [1.807, 2.05) is 12.2 Å². The van der Waals surface area contributed by atoms with Crippen LogP contribution in [0.15, 0.2) is 34.4 Å². The van der Waals surface area contributed by atoms with Gasteiger partial charge in [-0.15, -0.1) is 0 Å². The van der Waals surface area contributed by atoms with Crippen molar-refractivity contribution in [2.45, 2.75) is 19.8 Å². The van der Waals surface area contributed by atoms with Crippen LogP contribution in [-0.4, -0.2) is 5.33 Å². The summed E-state index contributed by atoms with van der Waals surface area (Å²) in [5.74, 6) is 0. The standard InChI is InChI=1S/C10H12BrCl/c1-8-5-6-9(7-11)3-2-4-10(8)12/h2-4H,5-7H2,1H3. The highest BCUT2D eigenvalue weighted by molar-refractivity contribution is 9.09. The average molecular weight is 248 g/mol. The minimum Gasteiger partial charge on any atom is -0.0880 e. The molecule has 0 nitrogen and oxygen atoms in total. The minimum absolute atomic E-state index is 0.889. The first kappa shape index (κ1) is 10.1. The van der Waals surface area contributed by atoms with Gasteiger partial charge in [-0.3, -0.25) is 0 Å². The Kier molecular flexibility index (Phi) is 4.10. The van der Waals surface area contributed by atoms with Crippen LogP contribution in [0.4, 0.5) is 0 Å². The molecule has 2 heteroatoms. The lowest BCUT2D eigenvalue weighted by molar-refractivity contribution is 0.924. The Morgan fingerprint density at radius 3 is 2.92 bits per heavy atom. The highest BCUT2D eigenvalue weighted by Crippen LogP contribution is 2.21. The fourth-order valence-electron chi connectivity index (χ4n) is 1.07. The number of alkyl halides is 1. The molecule has 1 aliphatic carbocycles. The third-order valence-electron chi connectivity index (χ3n) is 1.97. The Hall–Kier alpha value is -0.0100. The average Bonchev–Trinajstić information content (AvgIpc) is 2.07. The van der Waals surface area contributed by atoms with Gasteiger partial charge in [-0.25, -0.2) is 0 Å². The highest BCUT2D eigenvalue weighted by atomic mass is 79.9. The molecular weight excluding hydrogens is 235 g/mol. The van der Waals surface area contributed by atoms with E-state index in [0.29, 0.717) is 0 Å². The van der Waals surface area contributed by atoms with Crippen LogP contribution < -0.4 is 0 Å². The Bertz CT molecular complexity index is 249. The summed E-state index contributed by atoms with van der Waals surface area (Å²) < 4.78 is 0.